The first-order chi connectivity index (χ1) is 12.1. The Labute approximate surface area is 144 Å². The summed E-state index contributed by atoms with van der Waals surface area (Å²) in [5, 5.41) is 20.1. The average molecular weight is 340 g/mol. The molecule has 1 heterocycles. The van der Waals surface area contributed by atoms with Crippen molar-refractivity contribution >= 4 is 11.4 Å². The summed E-state index contributed by atoms with van der Waals surface area (Å²) in [6, 6.07) is 13.1. The molecule has 0 unspecified atom stereocenters. The summed E-state index contributed by atoms with van der Waals surface area (Å²) in [6.45, 7) is 3.38. The second kappa shape index (κ2) is 7.28. The minimum Gasteiger partial charge on any atom is -0.368 e. The van der Waals surface area contributed by atoms with E-state index in [0.717, 1.165) is 13.1 Å². The molecule has 0 radical (unpaired) electrons. The second-order valence-corrected chi connectivity index (χ2v) is 5.92. The molecule has 128 valence electrons. The maximum Gasteiger partial charge on any atom is 0.270 e. The fourth-order valence-electron chi connectivity index (χ4n) is 3.02. The molecule has 0 amide bonds. The fourth-order valence-corrected chi connectivity index (χ4v) is 3.02. The summed E-state index contributed by atoms with van der Waals surface area (Å²) in [6.07, 6.45) is 0. The van der Waals surface area contributed by atoms with Crippen molar-refractivity contribution in [1.82, 2.24) is 4.90 Å². The Morgan fingerprint density at radius 1 is 1.16 bits per heavy atom. The van der Waals surface area contributed by atoms with Gasteiger partial charge in [-0.05, 0) is 12.1 Å². The van der Waals surface area contributed by atoms with Crippen LogP contribution in [0.3, 0.4) is 0 Å². The third-order valence-corrected chi connectivity index (χ3v) is 4.38. The third kappa shape index (κ3) is 3.75. The summed E-state index contributed by atoms with van der Waals surface area (Å²) < 4.78 is 13.8. The first kappa shape index (κ1) is 16.9. The smallest absolute Gasteiger partial charge is 0.270 e. The van der Waals surface area contributed by atoms with Gasteiger partial charge in [0.15, 0.2) is 0 Å². The van der Waals surface area contributed by atoms with Crippen LogP contribution in [-0.4, -0.2) is 36.0 Å². The number of non-ortho nitro benzene ring substituents is 1. The van der Waals surface area contributed by atoms with Crippen LogP contribution in [0.15, 0.2) is 42.5 Å². The van der Waals surface area contributed by atoms with Gasteiger partial charge in [0.2, 0.25) is 0 Å². The van der Waals surface area contributed by atoms with E-state index < -0.39 is 4.92 Å². The maximum absolute atomic E-state index is 13.8. The number of benzene rings is 2. The van der Waals surface area contributed by atoms with Crippen LogP contribution in [-0.2, 0) is 6.54 Å². The van der Waals surface area contributed by atoms with Gasteiger partial charge in [0.1, 0.15) is 11.9 Å². The van der Waals surface area contributed by atoms with Crippen molar-refractivity contribution in [3.05, 3.63) is 69.5 Å². The number of rotatable bonds is 4. The molecular weight excluding hydrogens is 323 g/mol. The van der Waals surface area contributed by atoms with E-state index in [1.165, 1.54) is 18.2 Å². The number of hydrogen-bond acceptors (Lipinski definition) is 5. The van der Waals surface area contributed by atoms with E-state index in [1.54, 1.807) is 18.2 Å². The highest BCUT2D eigenvalue weighted by Crippen LogP contribution is 2.26. The Bertz CT molecular complexity index is 826. The van der Waals surface area contributed by atoms with Crippen LogP contribution in [0.1, 0.15) is 11.1 Å². The van der Waals surface area contributed by atoms with Crippen molar-refractivity contribution in [3.63, 3.8) is 0 Å². The van der Waals surface area contributed by atoms with E-state index in [1.807, 2.05) is 17.0 Å². The third-order valence-electron chi connectivity index (χ3n) is 4.38. The Hall–Kier alpha value is -2.98. The highest BCUT2D eigenvalue weighted by molar-refractivity contribution is 5.63. The number of anilines is 1. The van der Waals surface area contributed by atoms with Gasteiger partial charge in [-0.3, -0.25) is 15.0 Å². The molecule has 0 aromatic heterocycles. The van der Waals surface area contributed by atoms with Gasteiger partial charge < -0.3 is 4.90 Å². The van der Waals surface area contributed by atoms with Crippen molar-refractivity contribution in [3.8, 4) is 6.07 Å². The number of nitriles is 1. The minimum absolute atomic E-state index is 0.0847. The predicted octanol–water partition coefficient (Wildman–Crippen LogP) is 2.93. The number of halogens is 1. The van der Waals surface area contributed by atoms with Gasteiger partial charge in [0.05, 0.1) is 16.2 Å². The normalized spacial score (nSPS) is 15.0. The summed E-state index contributed by atoms with van der Waals surface area (Å²) in [5.41, 5.74) is 1.60. The van der Waals surface area contributed by atoms with Crippen LogP contribution >= 0.6 is 0 Å². The molecule has 1 fully saturated rings. The Kier molecular flexibility index (Phi) is 4.91. The average Bonchev–Trinajstić information content (AvgIpc) is 2.63. The first-order valence-electron chi connectivity index (χ1n) is 7.98. The summed E-state index contributed by atoms with van der Waals surface area (Å²) in [5.74, 6) is -0.202. The molecule has 0 saturated carbocycles. The highest BCUT2D eigenvalue weighted by atomic mass is 19.1. The number of nitro groups is 1. The minimum atomic E-state index is -0.503. The highest BCUT2D eigenvalue weighted by Gasteiger charge is 2.21. The molecule has 2 aromatic carbocycles. The van der Waals surface area contributed by atoms with Gasteiger partial charge in [0, 0.05) is 50.4 Å². The Balaban J connectivity index is 1.67. The first-order valence-corrected chi connectivity index (χ1v) is 7.98. The molecule has 25 heavy (non-hydrogen) atoms. The van der Waals surface area contributed by atoms with Crippen LogP contribution < -0.4 is 4.90 Å². The number of nitrogens with zero attached hydrogens (tertiary/aromatic N) is 4. The molecule has 1 aliphatic rings. The zero-order valence-corrected chi connectivity index (χ0v) is 13.6. The molecule has 0 spiro atoms. The SMILES string of the molecule is N#Cc1cc([N+](=O)[O-])ccc1N1CCN(Cc2ccccc2F)CC1. The number of piperazine rings is 1. The van der Waals surface area contributed by atoms with Gasteiger partial charge in [0.25, 0.3) is 5.69 Å². The van der Waals surface area contributed by atoms with Crippen LogP contribution in [0.25, 0.3) is 0 Å². The van der Waals surface area contributed by atoms with E-state index in [-0.39, 0.29) is 11.5 Å². The predicted molar refractivity (Wildman–Crippen MR) is 91.7 cm³/mol. The molecule has 7 heteroatoms. The molecular formula is C18H17FN4O2. The molecule has 0 aliphatic carbocycles. The fraction of sp³-hybridized carbons (Fsp3) is 0.278. The zero-order valence-electron chi connectivity index (χ0n) is 13.6. The molecule has 1 aliphatic heterocycles. The van der Waals surface area contributed by atoms with Gasteiger partial charge in [-0.25, -0.2) is 4.39 Å². The van der Waals surface area contributed by atoms with Gasteiger partial charge >= 0.3 is 0 Å². The lowest BCUT2D eigenvalue weighted by Crippen LogP contribution is -2.46. The van der Waals surface area contributed by atoms with E-state index in [2.05, 4.69) is 4.90 Å². The maximum atomic E-state index is 13.8. The van der Waals surface area contributed by atoms with Gasteiger partial charge in [-0.1, -0.05) is 18.2 Å². The largest absolute Gasteiger partial charge is 0.368 e. The van der Waals surface area contributed by atoms with Crippen molar-refractivity contribution in [2.24, 2.45) is 0 Å². The Morgan fingerprint density at radius 3 is 2.52 bits per heavy atom. The molecule has 1 saturated heterocycles. The molecule has 3 rings (SSSR count). The van der Waals surface area contributed by atoms with E-state index >= 15 is 0 Å². The topological polar surface area (TPSA) is 73.4 Å². The van der Waals surface area contributed by atoms with Crippen LogP contribution in [0.4, 0.5) is 15.8 Å². The monoisotopic (exact) mass is 340 g/mol. The quantitative estimate of drug-likeness (QED) is 0.632. The Morgan fingerprint density at radius 2 is 1.88 bits per heavy atom. The standard InChI is InChI=1S/C18H17FN4O2/c19-17-4-2-1-3-14(17)13-21-7-9-22(10-8-21)18-6-5-16(23(24)25)11-15(18)12-20/h1-6,11H,7-10,13H2. The summed E-state index contributed by atoms with van der Waals surface area (Å²) >= 11 is 0. The van der Waals surface area contributed by atoms with E-state index in [9.17, 15) is 19.8 Å². The zero-order chi connectivity index (χ0) is 17.8. The van der Waals surface area contributed by atoms with Gasteiger partial charge in [-0.2, -0.15) is 5.26 Å². The number of hydrogen-bond donors (Lipinski definition) is 0. The molecule has 0 bridgehead atoms. The van der Waals surface area contributed by atoms with E-state index in [0.29, 0.717) is 36.4 Å². The summed E-state index contributed by atoms with van der Waals surface area (Å²) in [7, 11) is 0. The van der Waals surface area contributed by atoms with Crippen LogP contribution in [0, 0.1) is 27.3 Å². The van der Waals surface area contributed by atoms with Crippen molar-refractivity contribution < 1.29 is 9.31 Å². The van der Waals surface area contributed by atoms with Crippen LogP contribution in [0.5, 0.6) is 0 Å². The lowest BCUT2D eigenvalue weighted by molar-refractivity contribution is -0.384. The van der Waals surface area contributed by atoms with Crippen molar-refractivity contribution in [2.75, 3.05) is 31.1 Å². The molecule has 0 atom stereocenters. The lowest BCUT2D eigenvalue weighted by atomic mass is 10.1. The molecule has 0 N–H and O–H groups in total. The van der Waals surface area contributed by atoms with Gasteiger partial charge in [-0.15, -0.1) is 0 Å². The number of nitro benzene ring substituents is 1. The second-order valence-electron chi connectivity index (χ2n) is 5.92. The van der Waals surface area contributed by atoms with Crippen molar-refractivity contribution in [2.45, 2.75) is 6.54 Å². The van der Waals surface area contributed by atoms with Crippen LogP contribution in [0.2, 0.25) is 0 Å². The molecule has 2 aromatic rings. The van der Waals surface area contributed by atoms with E-state index in [4.69, 9.17) is 0 Å². The lowest BCUT2D eigenvalue weighted by Gasteiger charge is -2.36. The molecule has 6 nitrogen and oxygen atoms in total. The summed E-state index contributed by atoms with van der Waals surface area (Å²) in [4.78, 5) is 14.5. The van der Waals surface area contributed by atoms with Crippen molar-refractivity contribution in [1.29, 1.82) is 5.26 Å².